The molecule has 0 aromatic heterocycles. The van der Waals surface area contributed by atoms with Crippen molar-refractivity contribution in [3.8, 4) is 0 Å². The van der Waals surface area contributed by atoms with Gasteiger partial charge < -0.3 is 5.32 Å². The standard InChI is InChI=1S/C24H19FN2O2/c1-15-6-12-19(13-7-15)26-22-21(17-8-10-18(25)11-9-17)23(28)27(24(22)29)20-5-3-4-16(2)14-20/h3-14,26H,1-2H3. The number of nitrogens with zero attached hydrogens (tertiary/aromatic N) is 1. The highest BCUT2D eigenvalue weighted by Crippen LogP contribution is 2.34. The van der Waals surface area contributed by atoms with Gasteiger partial charge in [0.25, 0.3) is 11.8 Å². The van der Waals surface area contributed by atoms with E-state index in [2.05, 4.69) is 5.32 Å². The number of hydrogen-bond acceptors (Lipinski definition) is 3. The lowest BCUT2D eigenvalue weighted by molar-refractivity contribution is -0.120. The number of amides is 2. The fourth-order valence-electron chi connectivity index (χ4n) is 3.31. The van der Waals surface area contributed by atoms with E-state index in [1.54, 1.807) is 18.2 Å². The summed E-state index contributed by atoms with van der Waals surface area (Å²) in [5, 5.41) is 3.10. The highest BCUT2D eigenvalue weighted by molar-refractivity contribution is 6.46. The molecule has 0 bridgehead atoms. The molecule has 3 aromatic rings. The van der Waals surface area contributed by atoms with E-state index in [9.17, 15) is 14.0 Å². The number of carbonyl (C=O) groups is 2. The second kappa shape index (κ2) is 7.36. The fourth-order valence-corrected chi connectivity index (χ4v) is 3.31. The summed E-state index contributed by atoms with van der Waals surface area (Å²) in [6.07, 6.45) is 0. The number of hydrogen-bond donors (Lipinski definition) is 1. The third-order valence-electron chi connectivity index (χ3n) is 4.80. The molecule has 0 radical (unpaired) electrons. The molecular weight excluding hydrogens is 367 g/mol. The van der Waals surface area contributed by atoms with Crippen molar-refractivity contribution < 1.29 is 14.0 Å². The van der Waals surface area contributed by atoms with Crippen molar-refractivity contribution >= 4 is 28.8 Å². The Bertz CT molecular complexity index is 1130. The highest BCUT2D eigenvalue weighted by atomic mass is 19.1. The molecular formula is C24H19FN2O2. The lowest BCUT2D eigenvalue weighted by Crippen LogP contribution is -2.32. The lowest BCUT2D eigenvalue weighted by atomic mass is 10.0. The van der Waals surface area contributed by atoms with E-state index in [0.29, 0.717) is 16.9 Å². The van der Waals surface area contributed by atoms with Gasteiger partial charge in [-0.25, -0.2) is 9.29 Å². The number of anilines is 2. The van der Waals surface area contributed by atoms with Crippen molar-refractivity contribution in [2.24, 2.45) is 0 Å². The summed E-state index contributed by atoms with van der Waals surface area (Å²) < 4.78 is 13.4. The molecule has 0 unspecified atom stereocenters. The Morgan fingerprint density at radius 3 is 2.14 bits per heavy atom. The third kappa shape index (κ3) is 3.55. The van der Waals surface area contributed by atoms with E-state index in [1.807, 2.05) is 44.2 Å². The number of nitrogens with one attached hydrogen (secondary N) is 1. The first-order chi connectivity index (χ1) is 13.9. The first kappa shape index (κ1) is 18.6. The fraction of sp³-hybridized carbons (Fsp3) is 0.0833. The molecule has 1 heterocycles. The van der Waals surface area contributed by atoms with E-state index in [0.717, 1.165) is 16.0 Å². The Morgan fingerprint density at radius 2 is 1.48 bits per heavy atom. The Balaban J connectivity index is 1.82. The predicted molar refractivity (Wildman–Crippen MR) is 112 cm³/mol. The largest absolute Gasteiger partial charge is 0.350 e. The number of imide groups is 1. The molecule has 5 heteroatoms. The number of halogens is 1. The monoisotopic (exact) mass is 386 g/mol. The summed E-state index contributed by atoms with van der Waals surface area (Å²) in [5.41, 5.74) is 4.08. The molecule has 4 nitrogen and oxygen atoms in total. The van der Waals surface area contributed by atoms with Gasteiger partial charge in [0.15, 0.2) is 0 Å². The minimum absolute atomic E-state index is 0.173. The molecule has 144 valence electrons. The first-order valence-electron chi connectivity index (χ1n) is 9.23. The average molecular weight is 386 g/mol. The van der Waals surface area contributed by atoms with Gasteiger partial charge in [-0.15, -0.1) is 0 Å². The second-order valence-corrected chi connectivity index (χ2v) is 7.03. The molecule has 0 saturated carbocycles. The maximum absolute atomic E-state index is 13.4. The first-order valence-corrected chi connectivity index (χ1v) is 9.23. The van der Waals surface area contributed by atoms with Crippen LogP contribution >= 0.6 is 0 Å². The third-order valence-corrected chi connectivity index (χ3v) is 4.80. The number of rotatable bonds is 4. The number of carbonyl (C=O) groups excluding carboxylic acids is 2. The lowest BCUT2D eigenvalue weighted by Gasteiger charge is -2.16. The zero-order valence-corrected chi connectivity index (χ0v) is 16.1. The van der Waals surface area contributed by atoms with Gasteiger partial charge in [-0.2, -0.15) is 0 Å². The molecule has 0 saturated heterocycles. The molecule has 1 aliphatic rings. The van der Waals surface area contributed by atoms with Crippen molar-refractivity contribution in [3.05, 3.63) is 101 Å². The molecule has 3 aromatic carbocycles. The summed E-state index contributed by atoms with van der Waals surface area (Å²) in [7, 11) is 0. The molecule has 0 spiro atoms. The van der Waals surface area contributed by atoms with Crippen molar-refractivity contribution in [1.82, 2.24) is 0 Å². The number of benzene rings is 3. The van der Waals surface area contributed by atoms with Crippen molar-refractivity contribution in [3.63, 3.8) is 0 Å². The molecule has 2 amide bonds. The van der Waals surface area contributed by atoms with Crippen LogP contribution < -0.4 is 10.2 Å². The quantitative estimate of drug-likeness (QED) is 0.653. The van der Waals surface area contributed by atoms with Gasteiger partial charge in [0.1, 0.15) is 11.5 Å². The SMILES string of the molecule is Cc1ccc(NC2=C(c3ccc(F)cc3)C(=O)N(c3cccc(C)c3)C2=O)cc1. The molecule has 4 rings (SSSR count). The van der Waals surface area contributed by atoms with Gasteiger partial charge in [-0.1, -0.05) is 42.0 Å². The summed E-state index contributed by atoms with van der Waals surface area (Å²) in [6, 6.07) is 20.3. The minimum atomic E-state index is -0.444. The van der Waals surface area contributed by atoms with Crippen LogP contribution in [-0.2, 0) is 9.59 Å². The molecule has 29 heavy (non-hydrogen) atoms. The van der Waals surface area contributed by atoms with Gasteiger partial charge >= 0.3 is 0 Å². The Labute approximate surface area is 168 Å². The summed E-state index contributed by atoms with van der Waals surface area (Å²) in [4.78, 5) is 27.7. The van der Waals surface area contributed by atoms with Crippen LogP contribution in [0.4, 0.5) is 15.8 Å². The van der Waals surface area contributed by atoms with E-state index < -0.39 is 17.6 Å². The second-order valence-electron chi connectivity index (χ2n) is 7.03. The predicted octanol–water partition coefficient (Wildman–Crippen LogP) is 4.84. The topological polar surface area (TPSA) is 49.4 Å². The van der Waals surface area contributed by atoms with Crippen LogP contribution in [0.1, 0.15) is 16.7 Å². The van der Waals surface area contributed by atoms with Crippen molar-refractivity contribution in [2.75, 3.05) is 10.2 Å². The van der Waals surface area contributed by atoms with E-state index in [4.69, 9.17) is 0 Å². The van der Waals surface area contributed by atoms with Crippen LogP contribution in [0.5, 0.6) is 0 Å². The van der Waals surface area contributed by atoms with Crippen molar-refractivity contribution in [1.29, 1.82) is 0 Å². The highest BCUT2D eigenvalue weighted by Gasteiger charge is 2.40. The van der Waals surface area contributed by atoms with Gasteiger partial charge in [-0.05, 0) is 61.4 Å². The van der Waals surface area contributed by atoms with Crippen LogP contribution in [0.25, 0.3) is 5.57 Å². The van der Waals surface area contributed by atoms with E-state index in [1.165, 1.54) is 24.3 Å². The molecule has 0 aliphatic carbocycles. The van der Waals surface area contributed by atoms with Crippen molar-refractivity contribution in [2.45, 2.75) is 13.8 Å². The van der Waals surface area contributed by atoms with Crippen LogP contribution in [0.2, 0.25) is 0 Å². The maximum atomic E-state index is 13.4. The Kier molecular flexibility index (Phi) is 4.72. The van der Waals surface area contributed by atoms with Gasteiger partial charge in [0.2, 0.25) is 0 Å². The normalized spacial score (nSPS) is 14.0. The minimum Gasteiger partial charge on any atom is -0.350 e. The number of aryl methyl sites for hydroxylation is 2. The maximum Gasteiger partial charge on any atom is 0.282 e. The van der Waals surface area contributed by atoms with Gasteiger partial charge in [0.05, 0.1) is 11.3 Å². The smallest absolute Gasteiger partial charge is 0.282 e. The molecule has 1 aliphatic heterocycles. The zero-order valence-electron chi connectivity index (χ0n) is 16.1. The summed E-state index contributed by atoms with van der Waals surface area (Å²) in [6.45, 7) is 3.87. The van der Waals surface area contributed by atoms with Crippen LogP contribution in [0.15, 0.2) is 78.5 Å². The van der Waals surface area contributed by atoms with Gasteiger partial charge in [-0.3, -0.25) is 9.59 Å². The summed E-state index contributed by atoms with van der Waals surface area (Å²) >= 11 is 0. The van der Waals surface area contributed by atoms with E-state index >= 15 is 0 Å². The molecule has 0 fully saturated rings. The zero-order chi connectivity index (χ0) is 20.5. The molecule has 1 N–H and O–H groups in total. The Hall–Kier alpha value is -3.73. The Morgan fingerprint density at radius 1 is 0.793 bits per heavy atom. The average Bonchev–Trinajstić information content (AvgIpc) is 2.94. The van der Waals surface area contributed by atoms with Gasteiger partial charge in [0, 0.05) is 5.69 Å². The summed E-state index contributed by atoms with van der Waals surface area (Å²) in [5.74, 6) is -1.29. The van der Waals surface area contributed by atoms with Crippen LogP contribution in [0, 0.1) is 19.7 Å². The van der Waals surface area contributed by atoms with Crippen LogP contribution in [-0.4, -0.2) is 11.8 Å². The van der Waals surface area contributed by atoms with Crippen LogP contribution in [0.3, 0.4) is 0 Å². The molecule has 0 atom stereocenters. The van der Waals surface area contributed by atoms with E-state index in [-0.39, 0.29) is 11.3 Å².